The van der Waals surface area contributed by atoms with Crippen LogP contribution in [0.15, 0.2) is 11.6 Å². The highest BCUT2D eigenvalue weighted by molar-refractivity contribution is 5.73. The highest BCUT2D eigenvalue weighted by Gasteiger charge is 2.76. The smallest absolute Gasteiger partial charge is 0.308 e. The summed E-state index contributed by atoms with van der Waals surface area (Å²) in [4.78, 5) is 50.0. The fourth-order valence-electron chi connectivity index (χ4n) is 7.48. The zero-order valence-corrected chi connectivity index (χ0v) is 23.2. The van der Waals surface area contributed by atoms with Crippen molar-refractivity contribution in [2.75, 3.05) is 6.61 Å². The van der Waals surface area contributed by atoms with Crippen LogP contribution in [0, 0.1) is 22.7 Å². The fourth-order valence-corrected chi connectivity index (χ4v) is 7.48. The van der Waals surface area contributed by atoms with Gasteiger partial charge in [0, 0.05) is 37.0 Å². The van der Waals surface area contributed by atoms with E-state index < -0.39 is 52.3 Å². The molecule has 0 aromatic carbocycles. The van der Waals surface area contributed by atoms with Gasteiger partial charge < -0.3 is 23.7 Å². The van der Waals surface area contributed by atoms with Crippen molar-refractivity contribution in [1.82, 2.24) is 0 Å². The van der Waals surface area contributed by atoms with E-state index in [4.69, 9.17) is 23.7 Å². The van der Waals surface area contributed by atoms with Crippen LogP contribution in [-0.4, -0.2) is 60.0 Å². The average molecular weight is 521 g/mol. The van der Waals surface area contributed by atoms with Gasteiger partial charge in [-0.05, 0) is 26.7 Å². The Bertz CT molecular complexity index is 1030. The molecular formula is C28H40O9. The zero-order valence-electron chi connectivity index (χ0n) is 23.2. The SMILES string of the molecule is CC(=O)O[C@H]1[C@H](OC(C)=O)[C@]2(C)O[C@@]3(CC[C@]2(C)[C@H]2[C@H](OC(=O)C(C)C)CC=C(C)[C@]12C)COC(=O)C3. The first-order valence-electron chi connectivity index (χ1n) is 13.2. The molecule has 0 amide bonds. The molecule has 0 unspecified atom stereocenters. The predicted octanol–water partition coefficient (Wildman–Crippen LogP) is 3.66. The van der Waals surface area contributed by atoms with Crippen molar-refractivity contribution >= 4 is 23.9 Å². The normalized spacial score (nSPS) is 42.8. The number of esters is 4. The van der Waals surface area contributed by atoms with Crippen molar-refractivity contribution in [3.05, 3.63) is 11.6 Å². The minimum atomic E-state index is -1.19. The molecule has 1 saturated carbocycles. The van der Waals surface area contributed by atoms with Crippen molar-refractivity contribution in [2.24, 2.45) is 22.7 Å². The maximum atomic E-state index is 12.8. The van der Waals surface area contributed by atoms with Gasteiger partial charge in [0.2, 0.25) is 0 Å². The molecule has 3 fully saturated rings. The molecule has 0 N–H and O–H groups in total. The van der Waals surface area contributed by atoms with Crippen LogP contribution in [0.3, 0.4) is 0 Å². The quantitative estimate of drug-likeness (QED) is 0.311. The van der Waals surface area contributed by atoms with Crippen molar-refractivity contribution < 1.29 is 42.9 Å². The first-order chi connectivity index (χ1) is 17.1. The van der Waals surface area contributed by atoms with Crippen LogP contribution in [0.1, 0.15) is 81.1 Å². The number of fused-ring (bicyclic) bond motifs is 3. The summed E-state index contributed by atoms with van der Waals surface area (Å²) in [5.74, 6) is -2.34. The van der Waals surface area contributed by atoms with E-state index in [1.54, 1.807) is 13.8 Å². The Hall–Kier alpha value is -2.42. The van der Waals surface area contributed by atoms with Crippen molar-refractivity contribution in [2.45, 2.75) is 111 Å². The van der Waals surface area contributed by atoms with Gasteiger partial charge in [0.1, 0.15) is 23.9 Å². The minimum Gasteiger partial charge on any atom is -0.463 e. The van der Waals surface area contributed by atoms with Crippen molar-refractivity contribution in [3.8, 4) is 0 Å². The maximum Gasteiger partial charge on any atom is 0.308 e. The lowest BCUT2D eigenvalue weighted by atomic mass is 9.41. The number of ether oxygens (including phenoxy) is 5. The summed E-state index contributed by atoms with van der Waals surface area (Å²) in [5, 5.41) is 0. The van der Waals surface area contributed by atoms with E-state index in [1.807, 2.05) is 26.8 Å². The van der Waals surface area contributed by atoms with Crippen LogP contribution in [0.2, 0.25) is 0 Å². The summed E-state index contributed by atoms with van der Waals surface area (Å²) in [6.45, 7) is 14.3. The van der Waals surface area contributed by atoms with Gasteiger partial charge in [-0.25, -0.2) is 0 Å². The molecule has 9 heteroatoms. The first kappa shape index (κ1) is 27.6. The summed E-state index contributed by atoms with van der Waals surface area (Å²) in [6.07, 6.45) is 1.38. The average Bonchev–Trinajstić information content (AvgIpc) is 3.14. The summed E-state index contributed by atoms with van der Waals surface area (Å²) in [5.41, 5.74) is -2.60. The molecule has 4 rings (SSSR count). The van der Waals surface area contributed by atoms with Crippen LogP contribution < -0.4 is 0 Å². The van der Waals surface area contributed by atoms with Gasteiger partial charge in [0.05, 0.1) is 12.3 Å². The number of hydrogen-bond donors (Lipinski definition) is 0. The lowest BCUT2D eigenvalue weighted by Gasteiger charge is -2.70. The molecule has 37 heavy (non-hydrogen) atoms. The van der Waals surface area contributed by atoms with Crippen molar-refractivity contribution in [3.63, 3.8) is 0 Å². The molecule has 2 saturated heterocycles. The Morgan fingerprint density at radius 2 is 1.62 bits per heavy atom. The van der Waals surface area contributed by atoms with Crippen LogP contribution in [0.4, 0.5) is 0 Å². The van der Waals surface area contributed by atoms with E-state index in [2.05, 4.69) is 6.92 Å². The first-order valence-corrected chi connectivity index (χ1v) is 13.2. The van der Waals surface area contributed by atoms with E-state index >= 15 is 0 Å². The Morgan fingerprint density at radius 1 is 1.00 bits per heavy atom. The van der Waals surface area contributed by atoms with Crippen LogP contribution in [-0.2, 0) is 42.9 Å². The van der Waals surface area contributed by atoms with E-state index in [1.165, 1.54) is 13.8 Å². The largest absolute Gasteiger partial charge is 0.463 e. The Kier molecular flexibility index (Phi) is 6.79. The Labute approximate surface area is 218 Å². The third-order valence-corrected chi connectivity index (χ3v) is 9.57. The second kappa shape index (κ2) is 9.10. The molecule has 0 radical (unpaired) electrons. The molecular weight excluding hydrogens is 480 g/mol. The van der Waals surface area contributed by atoms with E-state index in [-0.39, 0.29) is 36.8 Å². The van der Waals surface area contributed by atoms with E-state index in [9.17, 15) is 19.2 Å². The lowest BCUT2D eigenvalue weighted by Crippen LogP contribution is -2.78. The molecule has 4 aliphatic rings. The molecule has 8 atom stereocenters. The van der Waals surface area contributed by atoms with Gasteiger partial charge in [-0.3, -0.25) is 19.2 Å². The van der Waals surface area contributed by atoms with Gasteiger partial charge in [-0.15, -0.1) is 0 Å². The number of hydrogen-bond acceptors (Lipinski definition) is 9. The van der Waals surface area contributed by atoms with Gasteiger partial charge >= 0.3 is 23.9 Å². The van der Waals surface area contributed by atoms with E-state index in [0.717, 1.165) is 5.57 Å². The number of carbonyl (C=O) groups is 4. The van der Waals surface area contributed by atoms with Crippen LogP contribution >= 0.6 is 0 Å². The summed E-state index contributed by atoms with van der Waals surface area (Å²) >= 11 is 0. The van der Waals surface area contributed by atoms with Gasteiger partial charge in [-0.1, -0.05) is 39.3 Å². The minimum absolute atomic E-state index is 0.0936. The molecule has 0 bridgehead atoms. The monoisotopic (exact) mass is 520 g/mol. The molecule has 2 aliphatic heterocycles. The third-order valence-electron chi connectivity index (χ3n) is 9.57. The molecule has 2 heterocycles. The lowest BCUT2D eigenvalue weighted by molar-refractivity contribution is -0.349. The summed E-state index contributed by atoms with van der Waals surface area (Å²) in [6, 6.07) is 0. The van der Waals surface area contributed by atoms with Gasteiger partial charge in [0.15, 0.2) is 12.2 Å². The molecule has 206 valence electrons. The van der Waals surface area contributed by atoms with Crippen LogP contribution in [0.5, 0.6) is 0 Å². The second-order valence-electron chi connectivity index (χ2n) is 12.2. The number of cyclic esters (lactones) is 1. The number of rotatable bonds is 4. The topological polar surface area (TPSA) is 114 Å². The highest BCUT2D eigenvalue weighted by Crippen LogP contribution is 2.68. The molecule has 2 aliphatic carbocycles. The van der Waals surface area contributed by atoms with Crippen LogP contribution in [0.25, 0.3) is 0 Å². The summed E-state index contributed by atoms with van der Waals surface area (Å²) < 4.78 is 30.3. The standard InChI is InChI=1S/C28H40O9/c1-15(2)24(32)36-19-10-9-16(3)26(7)21(19)25(6)11-12-28(13-20(31)33-14-28)37-27(25,8)23(35-18(5)30)22(26)34-17(4)29/h9,15,19,21-23H,10-14H2,1-8H3/t19-,21-,22+,23+,25-,26+,27+,28-/m1/s1. The Balaban J connectivity index is 1.93. The fraction of sp³-hybridized carbons (Fsp3) is 0.786. The molecule has 1 spiro atoms. The van der Waals surface area contributed by atoms with Gasteiger partial charge in [-0.2, -0.15) is 0 Å². The molecule has 0 aromatic rings. The predicted molar refractivity (Wildman–Crippen MR) is 131 cm³/mol. The second-order valence-corrected chi connectivity index (χ2v) is 12.2. The zero-order chi connectivity index (χ0) is 27.6. The third kappa shape index (κ3) is 4.17. The highest BCUT2D eigenvalue weighted by atomic mass is 16.6. The van der Waals surface area contributed by atoms with Gasteiger partial charge in [0.25, 0.3) is 0 Å². The van der Waals surface area contributed by atoms with E-state index in [0.29, 0.717) is 19.3 Å². The summed E-state index contributed by atoms with van der Waals surface area (Å²) in [7, 11) is 0. The van der Waals surface area contributed by atoms with Crippen molar-refractivity contribution in [1.29, 1.82) is 0 Å². The number of carbonyl (C=O) groups excluding carboxylic acids is 4. The maximum absolute atomic E-state index is 12.8. The molecule has 9 nitrogen and oxygen atoms in total. The Morgan fingerprint density at radius 3 is 2.16 bits per heavy atom. The molecule has 0 aromatic heterocycles.